The first-order valence-corrected chi connectivity index (χ1v) is 9.19. The molecule has 1 aromatic carbocycles. The molecule has 0 spiro atoms. The van der Waals surface area contributed by atoms with Crippen molar-refractivity contribution in [3.63, 3.8) is 0 Å². The largest absolute Gasteiger partial charge is 0.411 e. The van der Waals surface area contributed by atoms with Crippen LogP contribution in [0.5, 0.6) is 0 Å². The van der Waals surface area contributed by atoms with Crippen LogP contribution < -0.4 is 5.32 Å². The number of aromatic nitrogens is 2. The molecule has 2 aromatic rings. The summed E-state index contributed by atoms with van der Waals surface area (Å²) in [6.45, 7) is 5.26. The number of carbonyl (C=O) groups is 1. The van der Waals surface area contributed by atoms with Crippen molar-refractivity contribution >= 4 is 27.3 Å². The Morgan fingerprint density at radius 1 is 1.21 bits per heavy atom. The normalized spacial score (nSPS) is 12.2. The quantitative estimate of drug-likeness (QED) is 0.865. The number of nitrogens with zero attached hydrogens (tertiary/aromatic N) is 2. The van der Waals surface area contributed by atoms with Crippen LogP contribution in [0.15, 0.2) is 33.9 Å². The van der Waals surface area contributed by atoms with Crippen LogP contribution in [0, 0.1) is 5.41 Å². The Hall–Kier alpha value is -1.93. The van der Waals surface area contributed by atoms with Crippen LogP contribution in [-0.4, -0.2) is 24.5 Å². The van der Waals surface area contributed by atoms with Gasteiger partial charge in [0, 0.05) is 10.4 Å². The lowest BCUT2D eigenvalue weighted by Gasteiger charge is -2.16. The molecule has 130 valence electrons. The average Bonchev–Trinajstić information content (AvgIpc) is 2.96. The lowest BCUT2D eigenvalue weighted by molar-refractivity contribution is -0.128. The minimum Gasteiger partial charge on any atom is -0.411 e. The van der Waals surface area contributed by atoms with Crippen molar-refractivity contribution in [2.24, 2.45) is 5.41 Å². The van der Waals surface area contributed by atoms with E-state index >= 15 is 0 Å². The lowest BCUT2D eigenvalue weighted by atomic mass is 9.96. The highest BCUT2D eigenvalue weighted by atomic mass is 35.5. The van der Waals surface area contributed by atoms with Crippen LogP contribution in [0.1, 0.15) is 32.2 Å². The van der Waals surface area contributed by atoms with E-state index in [9.17, 15) is 13.2 Å². The van der Waals surface area contributed by atoms with E-state index in [2.05, 4.69) is 15.5 Å². The van der Waals surface area contributed by atoms with Crippen molar-refractivity contribution in [1.29, 1.82) is 0 Å². The fourth-order valence-corrected chi connectivity index (χ4v) is 2.99. The second kappa shape index (κ2) is 6.90. The molecule has 1 heterocycles. The molecular formula is C15H18ClN3O4S. The summed E-state index contributed by atoms with van der Waals surface area (Å²) in [5, 5.41) is 9.88. The van der Waals surface area contributed by atoms with E-state index < -0.39 is 20.5 Å². The number of amides is 1. The number of halogens is 1. The molecule has 0 radical (unpaired) electrons. The van der Waals surface area contributed by atoms with Crippen molar-refractivity contribution in [1.82, 2.24) is 15.5 Å². The molecule has 0 atom stereocenters. The van der Waals surface area contributed by atoms with Crippen molar-refractivity contribution in [3.05, 3.63) is 40.7 Å². The van der Waals surface area contributed by atoms with Crippen molar-refractivity contribution in [2.45, 2.75) is 38.3 Å². The van der Waals surface area contributed by atoms with E-state index in [0.29, 0.717) is 10.6 Å². The van der Waals surface area contributed by atoms with Crippen molar-refractivity contribution in [3.8, 4) is 0 Å². The molecular weight excluding hydrogens is 354 g/mol. The number of hydrogen-bond acceptors (Lipinski definition) is 6. The SMILES string of the molecule is CC(C)(C)C(=O)NCc1nnc(S(=O)(=O)Cc2ccc(Cl)cc2)o1. The predicted molar refractivity (Wildman–Crippen MR) is 87.9 cm³/mol. The molecule has 7 nitrogen and oxygen atoms in total. The highest BCUT2D eigenvalue weighted by molar-refractivity contribution is 7.90. The third-order valence-corrected chi connectivity index (χ3v) is 4.73. The highest BCUT2D eigenvalue weighted by Gasteiger charge is 2.25. The maximum absolute atomic E-state index is 12.3. The molecule has 0 unspecified atom stereocenters. The Labute approximate surface area is 145 Å². The number of carbonyl (C=O) groups excluding carboxylic acids is 1. The van der Waals surface area contributed by atoms with E-state index in [4.69, 9.17) is 16.0 Å². The Morgan fingerprint density at radius 2 is 1.83 bits per heavy atom. The average molecular weight is 372 g/mol. The summed E-state index contributed by atoms with van der Waals surface area (Å²) in [6.07, 6.45) is 0. The number of benzene rings is 1. The highest BCUT2D eigenvalue weighted by Crippen LogP contribution is 2.18. The first-order chi connectivity index (χ1) is 11.1. The van der Waals surface area contributed by atoms with Gasteiger partial charge in [0.1, 0.15) is 0 Å². The van der Waals surface area contributed by atoms with Gasteiger partial charge in [-0.1, -0.05) is 49.6 Å². The number of nitrogens with one attached hydrogen (secondary N) is 1. The first kappa shape index (κ1) is 18.4. The Morgan fingerprint density at radius 3 is 2.42 bits per heavy atom. The van der Waals surface area contributed by atoms with E-state index in [0.717, 1.165) is 0 Å². The van der Waals surface area contributed by atoms with Crippen LogP contribution in [0.25, 0.3) is 0 Å². The van der Waals surface area contributed by atoms with Crippen LogP contribution in [0.4, 0.5) is 0 Å². The maximum atomic E-state index is 12.3. The van der Waals surface area contributed by atoms with Gasteiger partial charge >= 0.3 is 5.22 Å². The molecule has 24 heavy (non-hydrogen) atoms. The summed E-state index contributed by atoms with van der Waals surface area (Å²) in [4.78, 5) is 11.8. The molecule has 1 N–H and O–H groups in total. The van der Waals surface area contributed by atoms with Crippen LogP contribution in [0.3, 0.4) is 0 Å². The van der Waals surface area contributed by atoms with Crippen LogP contribution in [0.2, 0.25) is 5.02 Å². The third-order valence-electron chi connectivity index (χ3n) is 3.07. The Bertz CT molecular complexity index is 823. The van der Waals surface area contributed by atoms with Gasteiger partial charge in [-0.05, 0) is 17.7 Å². The molecule has 9 heteroatoms. The zero-order chi connectivity index (χ0) is 18.0. The Kier molecular flexibility index (Phi) is 5.29. The topological polar surface area (TPSA) is 102 Å². The molecule has 0 saturated heterocycles. The fraction of sp³-hybridized carbons (Fsp3) is 0.400. The molecule has 0 aliphatic heterocycles. The second-order valence-electron chi connectivity index (χ2n) is 6.28. The van der Waals surface area contributed by atoms with Gasteiger partial charge in [0.25, 0.3) is 0 Å². The fourth-order valence-electron chi connectivity index (χ4n) is 1.72. The van der Waals surface area contributed by atoms with Crippen LogP contribution >= 0.6 is 11.6 Å². The molecule has 0 fully saturated rings. The molecule has 0 aliphatic carbocycles. The van der Waals surface area contributed by atoms with Gasteiger partial charge in [0.15, 0.2) is 0 Å². The molecule has 1 aromatic heterocycles. The molecule has 2 rings (SSSR count). The van der Waals surface area contributed by atoms with Gasteiger partial charge in [-0.25, -0.2) is 8.42 Å². The van der Waals surface area contributed by atoms with Crippen molar-refractivity contribution in [2.75, 3.05) is 0 Å². The van der Waals surface area contributed by atoms with E-state index in [-0.39, 0.29) is 24.1 Å². The van der Waals surface area contributed by atoms with E-state index in [1.807, 2.05) is 0 Å². The van der Waals surface area contributed by atoms with Gasteiger partial charge in [0.2, 0.25) is 21.6 Å². The number of sulfone groups is 1. The molecule has 0 aliphatic rings. The van der Waals surface area contributed by atoms with Crippen LogP contribution in [-0.2, 0) is 26.9 Å². The summed E-state index contributed by atoms with van der Waals surface area (Å²) < 4.78 is 29.7. The Balaban J connectivity index is 2.06. The zero-order valence-corrected chi connectivity index (χ0v) is 15.1. The lowest BCUT2D eigenvalue weighted by Crippen LogP contribution is -2.34. The monoisotopic (exact) mass is 371 g/mol. The summed E-state index contributed by atoms with van der Waals surface area (Å²) >= 11 is 5.77. The molecule has 0 bridgehead atoms. The maximum Gasteiger partial charge on any atom is 0.335 e. The summed E-state index contributed by atoms with van der Waals surface area (Å²) in [7, 11) is -3.77. The minimum absolute atomic E-state index is 0.0282. The summed E-state index contributed by atoms with van der Waals surface area (Å²) in [6, 6.07) is 6.43. The van der Waals surface area contributed by atoms with Gasteiger partial charge in [-0.2, -0.15) is 0 Å². The molecule has 0 saturated carbocycles. The standard InChI is InChI=1S/C15H18ClN3O4S/c1-15(2,3)13(20)17-8-12-18-19-14(23-12)24(21,22)9-10-4-6-11(16)7-5-10/h4-7H,8-9H2,1-3H3,(H,17,20). The van der Waals surface area contributed by atoms with E-state index in [1.165, 1.54) is 0 Å². The van der Waals surface area contributed by atoms with Gasteiger partial charge in [-0.3, -0.25) is 4.79 Å². The van der Waals surface area contributed by atoms with Gasteiger partial charge < -0.3 is 9.73 Å². The predicted octanol–water partition coefficient (Wildman–Crippen LogP) is 2.36. The summed E-state index contributed by atoms with van der Waals surface area (Å²) in [5.41, 5.74) is -0.0102. The first-order valence-electron chi connectivity index (χ1n) is 7.16. The smallest absolute Gasteiger partial charge is 0.335 e. The zero-order valence-electron chi connectivity index (χ0n) is 13.5. The van der Waals surface area contributed by atoms with Gasteiger partial charge in [-0.15, -0.1) is 5.10 Å². The second-order valence-corrected chi connectivity index (χ2v) is 8.58. The minimum atomic E-state index is -3.77. The van der Waals surface area contributed by atoms with Gasteiger partial charge in [0.05, 0.1) is 12.3 Å². The number of rotatable bonds is 5. The third kappa shape index (κ3) is 4.78. The number of hydrogen-bond donors (Lipinski definition) is 1. The van der Waals surface area contributed by atoms with E-state index in [1.54, 1.807) is 45.0 Å². The summed E-state index contributed by atoms with van der Waals surface area (Å²) in [5.74, 6) is -0.450. The van der Waals surface area contributed by atoms with Crippen molar-refractivity contribution < 1.29 is 17.6 Å². The molecule has 1 amide bonds.